The van der Waals surface area contributed by atoms with Crippen LogP contribution in [0.2, 0.25) is 0 Å². The van der Waals surface area contributed by atoms with E-state index in [0.717, 1.165) is 9.13 Å². The predicted octanol–water partition coefficient (Wildman–Crippen LogP) is 2.34. The van der Waals surface area contributed by atoms with E-state index in [9.17, 15) is 19.5 Å². The first-order valence-corrected chi connectivity index (χ1v) is 11.4. The van der Waals surface area contributed by atoms with Crippen molar-refractivity contribution in [2.75, 3.05) is 0 Å². The highest BCUT2D eigenvalue weighted by molar-refractivity contribution is 14.1. The van der Waals surface area contributed by atoms with Gasteiger partial charge in [0, 0.05) is 15.6 Å². The molecule has 0 aromatic heterocycles. The fourth-order valence-electron chi connectivity index (χ4n) is 3.35. The van der Waals surface area contributed by atoms with E-state index >= 15 is 0 Å². The summed E-state index contributed by atoms with van der Waals surface area (Å²) >= 11 is 2.15. The van der Waals surface area contributed by atoms with Gasteiger partial charge in [0.2, 0.25) is 5.91 Å². The van der Waals surface area contributed by atoms with Gasteiger partial charge >= 0.3 is 0 Å². The largest absolute Gasteiger partial charge is 0.381 e. The van der Waals surface area contributed by atoms with Crippen molar-refractivity contribution in [2.24, 2.45) is 5.73 Å². The van der Waals surface area contributed by atoms with Crippen molar-refractivity contribution in [3.63, 3.8) is 0 Å². The van der Waals surface area contributed by atoms with Gasteiger partial charge in [-0.05, 0) is 58.0 Å². The molecule has 0 heterocycles. The Bertz CT molecular complexity index is 1110. The Morgan fingerprint density at radius 2 is 1.52 bits per heavy atom. The Kier molecular flexibility index (Phi) is 8.56. The molecular formula is C25H24IN3O4. The number of amides is 3. The summed E-state index contributed by atoms with van der Waals surface area (Å²) in [4.78, 5) is 37.7. The number of carbonyl (C=O) groups is 3. The number of aliphatic hydroxyl groups is 1. The van der Waals surface area contributed by atoms with Crippen molar-refractivity contribution in [3.8, 4) is 0 Å². The Morgan fingerprint density at radius 3 is 2.12 bits per heavy atom. The SMILES string of the molecule is NC(=O)[C@H](Cc1cccc(I)c1)NC(=O)[C@H](O)[C@@H](NC(=O)c1ccccc1)c1ccccc1. The van der Waals surface area contributed by atoms with Gasteiger partial charge in [-0.15, -0.1) is 0 Å². The number of hydrogen-bond acceptors (Lipinski definition) is 4. The summed E-state index contributed by atoms with van der Waals surface area (Å²) < 4.78 is 0.979. The molecular weight excluding hydrogens is 533 g/mol. The molecule has 0 saturated heterocycles. The van der Waals surface area contributed by atoms with Gasteiger partial charge in [-0.3, -0.25) is 14.4 Å². The number of carbonyl (C=O) groups excluding carboxylic acids is 3. The van der Waals surface area contributed by atoms with Crippen molar-refractivity contribution >= 4 is 40.3 Å². The lowest BCUT2D eigenvalue weighted by atomic mass is 9.99. The molecule has 7 nitrogen and oxygen atoms in total. The van der Waals surface area contributed by atoms with E-state index in [4.69, 9.17) is 5.73 Å². The van der Waals surface area contributed by atoms with Crippen LogP contribution >= 0.6 is 22.6 Å². The van der Waals surface area contributed by atoms with Crippen LogP contribution in [0, 0.1) is 3.57 Å². The van der Waals surface area contributed by atoms with Gasteiger partial charge in [-0.25, -0.2) is 0 Å². The summed E-state index contributed by atoms with van der Waals surface area (Å²) in [6, 6.07) is 22.6. The number of nitrogens with two attached hydrogens (primary N) is 1. The van der Waals surface area contributed by atoms with Crippen LogP contribution in [-0.4, -0.2) is 35.0 Å². The maximum atomic E-state index is 12.9. The summed E-state index contributed by atoms with van der Waals surface area (Å²) in [5, 5.41) is 16.1. The van der Waals surface area contributed by atoms with E-state index < -0.39 is 35.9 Å². The van der Waals surface area contributed by atoms with Crippen molar-refractivity contribution in [3.05, 3.63) is 105 Å². The summed E-state index contributed by atoms with van der Waals surface area (Å²) in [6.45, 7) is 0. The molecule has 0 bridgehead atoms. The van der Waals surface area contributed by atoms with Gasteiger partial charge in [0.05, 0.1) is 6.04 Å². The second kappa shape index (κ2) is 11.6. The van der Waals surface area contributed by atoms with Crippen LogP contribution in [0.5, 0.6) is 0 Å². The van der Waals surface area contributed by atoms with Gasteiger partial charge in [-0.1, -0.05) is 60.7 Å². The molecule has 0 radical (unpaired) electrons. The fourth-order valence-corrected chi connectivity index (χ4v) is 3.96. The second-order valence-electron chi connectivity index (χ2n) is 7.47. The quantitative estimate of drug-likeness (QED) is 0.302. The Balaban J connectivity index is 1.79. The van der Waals surface area contributed by atoms with Crippen molar-refractivity contribution in [1.82, 2.24) is 10.6 Å². The predicted molar refractivity (Wildman–Crippen MR) is 133 cm³/mol. The molecule has 0 aliphatic carbocycles. The topological polar surface area (TPSA) is 122 Å². The molecule has 5 N–H and O–H groups in total. The Morgan fingerprint density at radius 1 is 0.879 bits per heavy atom. The Hall–Kier alpha value is -3.24. The molecule has 0 spiro atoms. The van der Waals surface area contributed by atoms with Crippen LogP contribution in [0.15, 0.2) is 84.9 Å². The average Bonchev–Trinajstić information content (AvgIpc) is 2.82. The molecule has 8 heteroatoms. The summed E-state index contributed by atoms with van der Waals surface area (Å²) in [5.41, 5.74) is 7.25. The fraction of sp³-hybridized carbons (Fsp3) is 0.160. The summed E-state index contributed by atoms with van der Waals surface area (Å²) in [6.07, 6.45) is -1.48. The number of halogens is 1. The molecule has 0 saturated carbocycles. The van der Waals surface area contributed by atoms with Crippen LogP contribution in [-0.2, 0) is 16.0 Å². The number of hydrogen-bond donors (Lipinski definition) is 4. The monoisotopic (exact) mass is 557 g/mol. The maximum absolute atomic E-state index is 12.9. The van der Waals surface area contributed by atoms with E-state index in [1.807, 2.05) is 24.3 Å². The highest BCUT2D eigenvalue weighted by Gasteiger charge is 2.31. The molecule has 3 atom stereocenters. The zero-order valence-corrected chi connectivity index (χ0v) is 19.8. The van der Waals surface area contributed by atoms with E-state index in [2.05, 4.69) is 33.2 Å². The third-order valence-corrected chi connectivity index (χ3v) is 5.73. The van der Waals surface area contributed by atoms with Crippen LogP contribution in [0.4, 0.5) is 0 Å². The summed E-state index contributed by atoms with van der Waals surface area (Å²) in [7, 11) is 0. The minimum atomic E-state index is -1.65. The molecule has 170 valence electrons. The first kappa shape index (κ1) is 24.4. The maximum Gasteiger partial charge on any atom is 0.252 e. The average molecular weight is 557 g/mol. The minimum absolute atomic E-state index is 0.178. The van der Waals surface area contributed by atoms with Gasteiger partial charge < -0.3 is 21.5 Å². The van der Waals surface area contributed by atoms with Crippen LogP contribution in [0.1, 0.15) is 27.5 Å². The van der Waals surface area contributed by atoms with E-state index in [0.29, 0.717) is 11.1 Å². The number of primary amides is 1. The molecule has 33 heavy (non-hydrogen) atoms. The number of nitrogens with one attached hydrogen (secondary N) is 2. The van der Waals surface area contributed by atoms with Crippen molar-refractivity contribution < 1.29 is 19.5 Å². The van der Waals surface area contributed by atoms with Crippen LogP contribution in [0.3, 0.4) is 0 Å². The smallest absolute Gasteiger partial charge is 0.252 e. The molecule has 3 aromatic rings. The summed E-state index contributed by atoms with van der Waals surface area (Å²) in [5.74, 6) is -1.98. The molecule has 3 rings (SSSR count). The molecule has 0 fully saturated rings. The second-order valence-corrected chi connectivity index (χ2v) is 8.72. The third kappa shape index (κ3) is 6.87. The zero-order chi connectivity index (χ0) is 23.8. The first-order valence-electron chi connectivity index (χ1n) is 10.3. The van der Waals surface area contributed by atoms with Crippen molar-refractivity contribution in [1.29, 1.82) is 0 Å². The van der Waals surface area contributed by atoms with E-state index in [1.54, 1.807) is 60.7 Å². The van der Waals surface area contributed by atoms with Gasteiger partial charge in [0.25, 0.3) is 11.8 Å². The van der Waals surface area contributed by atoms with Crippen LogP contribution < -0.4 is 16.4 Å². The van der Waals surface area contributed by atoms with Crippen LogP contribution in [0.25, 0.3) is 0 Å². The van der Waals surface area contributed by atoms with Gasteiger partial charge in [-0.2, -0.15) is 0 Å². The first-order chi connectivity index (χ1) is 15.8. The third-order valence-electron chi connectivity index (χ3n) is 5.05. The molecule has 0 unspecified atom stereocenters. The molecule has 3 aromatic carbocycles. The lowest BCUT2D eigenvalue weighted by Crippen LogP contribution is -2.52. The molecule has 0 aliphatic heterocycles. The highest BCUT2D eigenvalue weighted by atomic mass is 127. The van der Waals surface area contributed by atoms with Gasteiger partial charge in [0.1, 0.15) is 6.04 Å². The minimum Gasteiger partial charge on any atom is -0.381 e. The number of rotatable bonds is 9. The normalized spacial score (nSPS) is 13.4. The number of benzene rings is 3. The number of aliphatic hydroxyl groups excluding tert-OH is 1. The van der Waals surface area contributed by atoms with E-state index in [1.165, 1.54) is 0 Å². The lowest BCUT2D eigenvalue weighted by molar-refractivity contribution is -0.134. The Labute approximate surface area is 205 Å². The lowest BCUT2D eigenvalue weighted by Gasteiger charge is -2.26. The van der Waals surface area contributed by atoms with Gasteiger partial charge in [0.15, 0.2) is 6.10 Å². The molecule has 3 amide bonds. The molecule has 0 aliphatic rings. The van der Waals surface area contributed by atoms with Crippen molar-refractivity contribution in [2.45, 2.75) is 24.6 Å². The van der Waals surface area contributed by atoms with E-state index in [-0.39, 0.29) is 6.42 Å². The highest BCUT2D eigenvalue weighted by Crippen LogP contribution is 2.19. The zero-order valence-electron chi connectivity index (χ0n) is 17.6. The standard InChI is InChI=1S/C25H24IN3O4/c26-19-13-7-8-16(14-19)15-20(23(27)31)28-25(33)22(30)21(17-9-3-1-4-10-17)29-24(32)18-11-5-2-6-12-18/h1-14,20-22,30H,15H2,(H2,27,31)(H,28,33)(H,29,32)/t20-,21-,22+/m0/s1.